The average molecular weight is 341 g/mol. The molecular formula is C19H32O3S. The van der Waals surface area contributed by atoms with Crippen molar-refractivity contribution in [3.8, 4) is 0 Å². The van der Waals surface area contributed by atoms with Gasteiger partial charge in [0.2, 0.25) is 0 Å². The molecule has 2 rings (SSSR count). The Bertz CT molecular complexity index is 475. The van der Waals surface area contributed by atoms with Crippen molar-refractivity contribution in [2.24, 2.45) is 5.92 Å². The van der Waals surface area contributed by atoms with E-state index in [-0.39, 0.29) is 16.4 Å². The number of fused-ring (bicyclic) bond motifs is 2. The fourth-order valence-electron chi connectivity index (χ4n) is 4.15. The molecular weight excluding hydrogens is 308 g/mol. The summed E-state index contributed by atoms with van der Waals surface area (Å²) in [5.41, 5.74) is 0. The van der Waals surface area contributed by atoms with Crippen LogP contribution in [0.5, 0.6) is 0 Å². The Morgan fingerprint density at radius 2 is 1.43 bits per heavy atom. The molecule has 0 saturated carbocycles. The van der Waals surface area contributed by atoms with E-state index in [9.17, 15) is 13.2 Å². The largest absolute Gasteiger partial charge is 0.299 e. The van der Waals surface area contributed by atoms with E-state index in [4.69, 9.17) is 0 Å². The first-order valence-electron chi connectivity index (χ1n) is 9.42. The summed E-state index contributed by atoms with van der Waals surface area (Å²) >= 11 is 0. The van der Waals surface area contributed by atoms with Gasteiger partial charge in [-0.1, -0.05) is 38.2 Å². The van der Waals surface area contributed by atoms with Crippen molar-refractivity contribution in [3.63, 3.8) is 0 Å². The number of unbranched alkanes of at least 4 members (excludes halogenated alkanes) is 7. The zero-order valence-corrected chi connectivity index (χ0v) is 15.2. The molecule has 2 fully saturated rings. The maximum atomic E-state index is 12.3. The van der Waals surface area contributed by atoms with Crippen LogP contribution in [-0.2, 0) is 14.6 Å². The second-order valence-electron chi connectivity index (χ2n) is 7.35. The predicted molar refractivity (Wildman–Crippen MR) is 95.2 cm³/mol. The van der Waals surface area contributed by atoms with Gasteiger partial charge in [-0.3, -0.25) is 4.79 Å². The number of sulfone groups is 1. The molecule has 0 aromatic heterocycles. The number of hydrogen-bond donors (Lipinski definition) is 0. The third-order valence-corrected chi connectivity index (χ3v) is 8.34. The maximum Gasteiger partial charge on any atom is 0.156 e. The number of Topliss-reactive ketones (excluding diaryl/α,β-unsaturated/α-hetero) is 1. The highest BCUT2D eigenvalue weighted by molar-refractivity contribution is 7.93. The molecule has 0 N–H and O–H groups in total. The van der Waals surface area contributed by atoms with Gasteiger partial charge in [0.25, 0.3) is 0 Å². The highest BCUT2D eigenvalue weighted by atomic mass is 32.2. The Labute approximate surface area is 141 Å². The van der Waals surface area contributed by atoms with Gasteiger partial charge in [-0.15, -0.1) is 6.58 Å². The second-order valence-corrected chi connectivity index (χ2v) is 9.86. The zero-order valence-electron chi connectivity index (χ0n) is 14.3. The third-order valence-electron chi connectivity index (χ3n) is 5.62. The Kier molecular flexibility index (Phi) is 7.32. The average Bonchev–Trinajstić information content (AvgIpc) is 2.71. The summed E-state index contributed by atoms with van der Waals surface area (Å²) in [7, 11) is -2.90. The molecule has 0 amide bonds. The van der Waals surface area contributed by atoms with Crippen LogP contribution < -0.4 is 0 Å². The normalized spacial score (nSPS) is 28.6. The van der Waals surface area contributed by atoms with E-state index in [1.807, 2.05) is 6.08 Å². The van der Waals surface area contributed by atoms with Crippen molar-refractivity contribution in [2.75, 3.05) is 0 Å². The number of rotatable bonds is 11. The Hall–Kier alpha value is -0.640. The van der Waals surface area contributed by atoms with Crippen LogP contribution in [-0.4, -0.2) is 24.7 Å². The molecule has 0 spiro atoms. The topological polar surface area (TPSA) is 51.2 Å². The summed E-state index contributed by atoms with van der Waals surface area (Å²) in [5.74, 6) is 0.345. The summed E-state index contributed by atoms with van der Waals surface area (Å²) < 4.78 is 24.1. The number of carbonyl (C=O) groups excluding carboxylic acids is 1. The van der Waals surface area contributed by atoms with Crippen molar-refractivity contribution in [3.05, 3.63) is 12.7 Å². The van der Waals surface area contributed by atoms with Crippen LogP contribution in [0, 0.1) is 5.92 Å². The molecule has 2 aliphatic heterocycles. The maximum absolute atomic E-state index is 12.3. The molecule has 2 saturated heterocycles. The van der Waals surface area contributed by atoms with E-state index in [1.54, 1.807) is 0 Å². The summed E-state index contributed by atoms with van der Waals surface area (Å²) in [5, 5.41) is -0.434. The zero-order chi connectivity index (χ0) is 16.7. The van der Waals surface area contributed by atoms with Gasteiger partial charge < -0.3 is 0 Å². The number of ketones is 1. The van der Waals surface area contributed by atoms with Gasteiger partial charge in [0, 0.05) is 12.3 Å². The van der Waals surface area contributed by atoms with Gasteiger partial charge >= 0.3 is 0 Å². The Morgan fingerprint density at radius 3 is 2.00 bits per heavy atom. The first-order valence-corrected chi connectivity index (χ1v) is 11.0. The van der Waals surface area contributed by atoms with E-state index in [0.29, 0.717) is 25.0 Å². The molecule has 132 valence electrons. The van der Waals surface area contributed by atoms with E-state index >= 15 is 0 Å². The lowest BCUT2D eigenvalue weighted by Gasteiger charge is -2.26. The molecule has 3 nitrogen and oxygen atoms in total. The number of hydrogen-bond acceptors (Lipinski definition) is 3. The Morgan fingerprint density at radius 1 is 0.913 bits per heavy atom. The molecule has 0 aromatic carbocycles. The van der Waals surface area contributed by atoms with Crippen molar-refractivity contribution in [1.29, 1.82) is 0 Å². The standard InChI is InChI=1S/C19H32O3S/c1-2-3-4-5-6-7-8-9-10-11-19(20)16-14-17-12-13-18(15-16)23(17,21)22/h2,16-18H,1,3-15H2. The summed E-state index contributed by atoms with van der Waals surface area (Å²) in [6.07, 6.45) is 14.9. The molecule has 4 heteroatoms. The molecule has 2 bridgehead atoms. The molecule has 2 aliphatic rings. The molecule has 2 heterocycles. The number of carbonyl (C=O) groups is 1. The molecule has 2 atom stereocenters. The third kappa shape index (κ3) is 5.17. The molecule has 0 aromatic rings. The van der Waals surface area contributed by atoms with E-state index in [1.165, 1.54) is 32.1 Å². The van der Waals surface area contributed by atoms with Crippen LogP contribution in [0.3, 0.4) is 0 Å². The molecule has 0 aliphatic carbocycles. The van der Waals surface area contributed by atoms with E-state index in [2.05, 4.69) is 6.58 Å². The van der Waals surface area contributed by atoms with E-state index in [0.717, 1.165) is 32.1 Å². The van der Waals surface area contributed by atoms with Gasteiger partial charge in [0.1, 0.15) is 5.78 Å². The van der Waals surface area contributed by atoms with Gasteiger partial charge in [-0.2, -0.15) is 0 Å². The monoisotopic (exact) mass is 340 g/mol. The lowest BCUT2D eigenvalue weighted by molar-refractivity contribution is -0.123. The van der Waals surface area contributed by atoms with Gasteiger partial charge in [-0.05, 0) is 44.9 Å². The van der Waals surface area contributed by atoms with E-state index < -0.39 is 9.84 Å². The quantitative estimate of drug-likeness (QED) is 0.408. The van der Waals surface area contributed by atoms with Gasteiger partial charge in [0.15, 0.2) is 9.84 Å². The minimum absolute atomic E-state index is 0.0231. The Balaban J connectivity index is 1.55. The predicted octanol–water partition coefficient (Wildman–Crippen LogP) is 4.61. The summed E-state index contributed by atoms with van der Waals surface area (Å²) in [6.45, 7) is 3.73. The minimum atomic E-state index is -2.90. The molecule has 0 radical (unpaired) electrons. The van der Waals surface area contributed by atoms with Crippen molar-refractivity contribution >= 4 is 15.6 Å². The highest BCUT2D eigenvalue weighted by Crippen LogP contribution is 2.41. The van der Waals surface area contributed by atoms with Crippen molar-refractivity contribution in [1.82, 2.24) is 0 Å². The van der Waals surface area contributed by atoms with Crippen LogP contribution in [0.25, 0.3) is 0 Å². The number of allylic oxidation sites excluding steroid dienone is 1. The van der Waals surface area contributed by atoms with Crippen LogP contribution in [0.2, 0.25) is 0 Å². The lowest BCUT2D eigenvalue weighted by atomic mass is 9.91. The first kappa shape index (κ1) is 18.7. The van der Waals surface area contributed by atoms with Crippen LogP contribution in [0.15, 0.2) is 12.7 Å². The van der Waals surface area contributed by atoms with Crippen LogP contribution in [0.1, 0.15) is 83.5 Å². The molecule has 2 unspecified atom stereocenters. The second kappa shape index (κ2) is 9.00. The van der Waals surface area contributed by atoms with Crippen molar-refractivity contribution < 1.29 is 13.2 Å². The molecule has 23 heavy (non-hydrogen) atoms. The highest BCUT2D eigenvalue weighted by Gasteiger charge is 2.48. The first-order chi connectivity index (χ1) is 11.1. The fourth-order valence-corrected chi connectivity index (χ4v) is 6.62. The lowest BCUT2D eigenvalue weighted by Crippen LogP contribution is -2.36. The fraction of sp³-hybridized carbons (Fsp3) is 0.842. The van der Waals surface area contributed by atoms with Gasteiger partial charge in [0.05, 0.1) is 10.5 Å². The summed E-state index contributed by atoms with van der Waals surface area (Å²) in [6, 6.07) is 0. The van der Waals surface area contributed by atoms with Gasteiger partial charge in [-0.25, -0.2) is 8.42 Å². The minimum Gasteiger partial charge on any atom is -0.299 e. The summed E-state index contributed by atoms with van der Waals surface area (Å²) in [4.78, 5) is 12.3. The van der Waals surface area contributed by atoms with Crippen LogP contribution in [0.4, 0.5) is 0 Å². The van der Waals surface area contributed by atoms with Crippen LogP contribution >= 0.6 is 0 Å². The van der Waals surface area contributed by atoms with Crippen molar-refractivity contribution in [2.45, 2.75) is 94.0 Å². The SMILES string of the molecule is C=CCCCCCCCCCC(=O)C1CC2CCC(C1)S2(=O)=O. The smallest absolute Gasteiger partial charge is 0.156 e.